The molecular formula is C20H26BrNO2. The van der Waals surface area contributed by atoms with Gasteiger partial charge in [0.25, 0.3) is 0 Å². The van der Waals surface area contributed by atoms with E-state index in [1.54, 1.807) is 0 Å². The number of amides is 1. The SMILES string of the molecule is CC(C)(C(=O)N[C@@H]1C2CC3C[C@H]1C[C@](O)(C3)C2)c1cccc(Br)c1. The predicted octanol–water partition coefficient (Wildman–Crippen LogP) is 3.78. The summed E-state index contributed by atoms with van der Waals surface area (Å²) in [6, 6.07) is 8.24. The topological polar surface area (TPSA) is 49.3 Å². The van der Waals surface area contributed by atoms with Crippen LogP contribution in [0.25, 0.3) is 0 Å². The van der Waals surface area contributed by atoms with E-state index >= 15 is 0 Å². The largest absolute Gasteiger partial charge is 0.390 e. The molecule has 1 amide bonds. The molecule has 1 aromatic rings. The first-order valence-electron chi connectivity index (χ1n) is 9.06. The molecule has 0 heterocycles. The molecule has 0 aromatic heterocycles. The van der Waals surface area contributed by atoms with Crippen LogP contribution in [0.3, 0.4) is 0 Å². The summed E-state index contributed by atoms with van der Waals surface area (Å²) in [6.07, 6.45) is 5.04. The van der Waals surface area contributed by atoms with Gasteiger partial charge in [-0.05, 0) is 81.4 Å². The van der Waals surface area contributed by atoms with Crippen LogP contribution in [-0.2, 0) is 10.2 Å². The number of halogens is 1. The lowest BCUT2D eigenvalue weighted by Crippen LogP contribution is -2.62. The van der Waals surface area contributed by atoms with Crippen LogP contribution in [-0.4, -0.2) is 22.7 Å². The Balaban J connectivity index is 1.52. The summed E-state index contributed by atoms with van der Waals surface area (Å²) in [5.41, 5.74) is 0.0178. The fraction of sp³-hybridized carbons (Fsp3) is 0.650. The highest BCUT2D eigenvalue weighted by atomic mass is 79.9. The van der Waals surface area contributed by atoms with Gasteiger partial charge in [-0.3, -0.25) is 4.79 Å². The standard InChI is InChI=1S/C20H26BrNO2/c1-19(2,15-4-3-5-16(21)8-15)18(23)22-17-13-6-12-7-14(17)11-20(24,9-12)10-13/h3-5,8,12-14,17,24H,6-7,9-11H2,1-2H3,(H,22,23)/t12?,13-,14?,17-,20+/m0/s1. The molecule has 2 N–H and O–H groups in total. The average molecular weight is 392 g/mol. The zero-order chi connectivity index (χ0) is 17.1. The minimum atomic E-state index is -0.560. The summed E-state index contributed by atoms with van der Waals surface area (Å²) in [5, 5.41) is 14.1. The smallest absolute Gasteiger partial charge is 0.230 e. The molecule has 1 aromatic carbocycles. The quantitative estimate of drug-likeness (QED) is 0.823. The molecule has 4 bridgehead atoms. The van der Waals surface area contributed by atoms with Crippen molar-refractivity contribution in [1.29, 1.82) is 0 Å². The van der Waals surface area contributed by atoms with Crippen LogP contribution in [0, 0.1) is 17.8 Å². The lowest BCUT2D eigenvalue weighted by Gasteiger charge is -2.58. The molecule has 130 valence electrons. The highest BCUT2D eigenvalue weighted by Crippen LogP contribution is 2.55. The Morgan fingerprint density at radius 2 is 1.92 bits per heavy atom. The van der Waals surface area contributed by atoms with E-state index in [-0.39, 0.29) is 11.9 Å². The molecule has 2 unspecified atom stereocenters. The zero-order valence-corrected chi connectivity index (χ0v) is 16.0. The molecule has 4 aliphatic rings. The Morgan fingerprint density at radius 1 is 1.25 bits per heavy atom. The fourth-order valence-corrected chi connectivity index (χ4v) is 5.96. The first-order chi connectivity index (χ1) is 11.3. The van der Waals surface area contributed by atoms with Gasteiger partial charge in [0.1, 0.15) is 0 Å². The summed E-state index contributed by atoms with van der Waals surface area (Å²) < 4.78 is 0.998. The normalized spacial score (nSPS) is 37.5. The van der Waals surface area contributed by atoms with E-state index in [1.807, 2.05) is 38.1 Å². The minimum Gasteiger partial charge on any atom is -0.390 e. The highest BCUT2D eigenvalue weighted by molar-refractivity contribution is 9.10. The Morgan fingerprint density at radius 3 is 2.50 bits per heavy atom. The third-order valence-electron chi connectivity index (χ3n) is 6.65. The van der Waals surface area contributed by atoms with E-state index in [9.17, 15) is 9.90 Å². The van der Waals surface area contributed by atoms with Crippen molar-refractivity contribution in [3.63, 3.8) is 0 Å². The molecule has 0 radical (unpaired) electrons. The third-order valence-corrected chi connectivity index (χ3v) is 7.15. The van der Waals surface area contributed by atoms with Gasteiger partial charge in [-0.1, -0.05) is 28.1 Å². The van der Waals surface area contributed by atoms with Crippen LogP contribution in [0.4, 0.5) is 0 Å². The molecule has 5 rings (SSSR count). The minimum absolute atomic E-state index is 0.102. The van der Waals surface area contributed by atoms with E-state index < -0.39 is 11.0 Å². The van der Waals surface area contributed by atoms with E-state index in [4.69, 9.17) is 0 Å². The van der Waals surface area contributed by atoms with E-state index in [2.05, 4.69) is 21.2 Å². The Bertz CT molecular complexity index is 655. The van der Waals surface area contributed by atoms with Gasteiger partial charge >= 0.3 is 0 Å². The second-order valence-electron chi connectivity index (χ2n) is 8.83. The van der Waals surface area contributed by atoms with Crippen molar-refractivity contribution in [2.45, 2.75) is 63.0 Å². The molecule has 4 aliphatic carbocycles. The number of carbonyl (C=O) groups is 1. The fourth-order valence-electron chi connectivity index (χ4n) is 5.56. The van der Waals surface area contributed by atoms with Gasteiger partial charge in [-0.15, -0.1) is 0 Å². The van der Waals surface area contributed by atoms with Crippen LogP contribution in [0.1, 0.15) is 51.5 Å². The Kier molecular flexibility index (Phi) is 3.85. The molecule has 0 aliphatic heterocycles. The van der Waals surface area contributed by atoms with Gasteiger partial charge in [-0.2, -0.15) is 0 Å². The molecular weight excluding hydrogens is 366 g/mol. The number of hydrogen-bond acceptors (Lipinski definition) is 2. The van der Waals surface area contributed by atoms with Gasteiger partial charge in [0.05, 0.1) is 11.0 Å². The third kappa shape index (κ3) is 2.72. The number of benzene rings is 1. The second-order valence-corrected chi connectivity index (χ2v) is 9.74. The van der Waals surface area contributed by atoms with Crippen LogP contribution in [0.15, 0.2) is 28.7 Å². The zero-order valence-electron chi connectivity index (χ0n) is 14.4. The van der Waals surface area contributed by atoms with Crippen molar-refractivity contribution < 1.29 is 9.90 Å². The first kappa shape index (κ1) is 16.6. The lowest BCUT2D eigenvalue weighted by molar-refractivity contribution is -0.148. The summed E-state index contributed by atoms with van der Waals surface area (Å²) in [4.78, 5) is 13.1. The van der Waals surface area contributed by atoms with E-state index in [1.165, 1.54) is 12.8 Å². The Hall–Kier alpha value is -0.870. The maximum atomic E-state index is 13.1. The molecule has 0 spiro atoms. The van der Waals surface area contributed by atoms with Crippen LogP contribution >= 0.6 is 15.9 Å². The van der Waals surface area contributed by atoms with Gasteiger partial charge in [0.15, 0.2) is 0 Å². The van der Waals surface area contributed by atoms with Crippen molar-refractivity contribution in [3.8, 4) is 0 Å². The number of aliphatic hydroxyl groups is 1. The van der Waals surface area contributed by atoms with Crippen molar-refractivity contribution in [3.05, 3.63) is 34.3 Å². The molecule has 0 saturated heterocycles. The van der Waals surface area contributed by atoms with E-state index in [0.29, 0.717) is 17.8 Å². The number of rotatable bonds is 3. The molecule has 4 heteroatoms. The molecule has 3 nitrogen and oxygen atoms in total. The summed E-state index contributed by atoms with van der Waals surface area (Å²) in [5.74, 6) is 1.66. The molecule has 4 saturated carbocycles. The summed E-state index contributed by atoms with van der Waals surface area (Å²) >= 11 is 3.50. The van der Waals surface area contributed by atoms with Crippen LogP contribution in [0.2, 0.25) is 0 Å². The van der Waals surface area contributed by atoms with Gasteiger partial charge < -0.3 is 10.4 Å². The van der Waals surface area contributed by atoms with Crippen molar-refractivity contribution in [1.82, 2.24) is 5.32 Å². The average Bonchev–Trinajstić information content (AvgIpc) is 2.49. The predicted molar refractivity (Wildman–Crippen MR) is 97.6 cm³/mol. The maximum Gasteiger partial charge on any atom is 0.230 e. The van der Waals surface area contributed by atoms with Crippen molar-refractivity contribution in [2.24, 2.45) is 17.8 Å². The molecule has 5 atom stereocenters. The van der Waals surface area contributed by atoms with Crippen LogP contribution in [0.5, 0.6) is 0 Å². The Labute approximate surface area is 152 Å². The number of carbonyl (C=O) groups excluding carboxylic acids is 1. The molecule has 4 fully saturated rings. The number of hydrogen-bond donors (Lipinski definition) is 2. The van der Waals surface area contributed by atoms with Crippen molar-refractivity contribution >= 4 is 21.8 Å². The lowest BCUT2D eigenvalue weighted by atomic mass is 9.52. The summed E-state index contributed by atoms with van der Waals surface area (Å²) in [6.45, 7) is 3.99. The first-order valence-corrected chi connectivity index (χ1v) is 9.85. The van der Waals surface area contributed by atoms with Gasteiger partial charge in [-0.25, -0.2) is 0 Å². The number of nitrogens with one attached hydrogen (secondary N) is 1. The van der Waals surface area contributed by atoms with E-state index in [0.717, 1.165) is 29.3 Å². The maximum absolute atomic E-state index is 13.1. The van der Waals surface area contributed by atoms with Crippen LogP contribution < -0.4 is 5.32 Å². The molecule has 24 heavy (non-hydrogen) atoms. The highest BCUT2D eigenvalue weighted by Gasteiger charge is 2.55. The van der Waals surface area contributed by atoms with Gasteiger partial charge in [0.2, 0.25) is 5.91 Å². The summed E-state index contributed by atoms with van der Waals surface area (Å²) in [7, 11) is 0. The van der Waals surface area contributed by atoms with Crippen molar-refractivity contribution in [2.75, 3.05) is 0 Å². The second kappa shape index (κ2) is 5.57. The van der Waals surface area contributed by atoms with Gasteiger partial charge in [0, 0.05) is 10.5 Å². The monoisotopic (exact) mass is 391 g/mol.